The second-order valence-corrected chi connectivity index (χ2v) is 7.28. The van der Waals surface area contributed by atoms with Crippen LogP contribution in [-0.2, 0) is 9.84 Å². The number of benzene rings is 1. The smallest absolute Gasteiger partial charge is 0.175 e. The second kappa shape index (κ2) is 5.19. The Balaban J connectivity index is 2.27. The number of fused-ring (bicyclic) bond motifs is 1. The van der Waals surface area contributed by atoms with E-state index in [0.717, 1.165) is 5.56 Å². The van der Waals surface area contributed by atoms with Crippen LogP contribution in [0.1, 0.15) is 18.5 Å². The van der Waals surface area contributed by atoms with Crippen LogP contribution >= 0.6 is 0 Å². The van der Waals surface area contributed by atoms with E-state index in [9.17, 15) is 8.42 Å². The first-order chi connectivity index (χ1) is 10.4. The molecule has 3 rings (SSSR count). The summed E-state index contributed by atoms with van der Waals surface area (Å²) in [5, 5.41) is 4.53. The molecular weight excluding hydrogens is 300 g/mol. The monoisotopic (exact) mass is 316 g/mol. The lowest BCUT2D eigenvalue weighted by Crippen LogP contribution is -2.10. The molecule has 0 saturated carbocycles. The molecule has 0 saturated heterocycles. The molecule has 1 atom stereocenters. The molecule has 0 unspecified atom stereocenters. The minimum atomic E-state index is -3.28. The quantitative estimate of drug-likeness (QED) is 0.796. The van der Waals surface area contributed by atoms with Gasteiger partial charge in [0.2, 0.25) is 0 Å². The predicted molar refractivity (Wildman–Crippen MR) is 84.1 cm³/mol. The fourth-order valence-corrected chi connectivity index (χ4v) is 2.98. The lowest BCUT2D eigenvalue weighted by molar-refractivity contribution is 0.602. The number of hydrogen-bond donors (Lipinski definition) is 1. The van der Waals surface area contributed by atoms with Crippen LogP contribution in [0.2, 0.25) is 0 Å². The van der Waals surface area contributed by atoms with Gasteiger partial charge in [-0.1, -0.05) is 12.1 Å². The highest BCUT2D eigenvalue weighted by Gasteiger charge is 2.15. The normalized spacial score (nSPS) is 13.4. The molecule has 0 aliphatic rings. The van der Waals surface area contributed by atoms with Gasteiger partial charge in [-0.05, 0) is 25.1 Å². The molecule has 2 aromatic heterocycles. The molecule has 0 amide bonds. The van der Waals surface area contributed by atoms with E-state index >= 15 is 0 Å². The van der Waals surface area contributed by atoms with Crippen molar-refractivity contribution in [3.05, 3.63) is 48.3 Å². The summed E-state index contributed by atoms with van der Waals surface area (Å²) in [6.45, 7) is 1.86. The van der Waals surface area contributed by atoms with Gasteiger partial charge in [0.05, 0.1) is 10.6 Å². The third-order valence-corrected chi connectivity index (χ3v) is 4.55. The molecule has 22 heavy (non-hydrogen) atoms. The standard InChI is InChI=1S/C15H16N4O2S/c1-10(16)13-9-14-17-6-7-19(14)18-15(13)11-4-3-5-12(8-11)22(2,20)21/h3-10H,16H2,1-2H3/t10-/m0/s1. The Morgan fingerprint density at radius 1 is 1.27 bits per heavy atom. The van der Waals surface area contributed by atoms with Crippen molar-refractivity contribution < 1.29 is 8.42 Å². The van der Waals surface area contributed by atoms with Gasteiger partial charge in [0, 0.05) is 35.8 Å². The van der Waals surface area contributed by atoms with Crippen molar-refractivity contribution in [3.8, 4) is 11.3 Å². The van der Waals surface area contributed by atoms with Crippen LogP contribution in [0, 0.1) is 0 Å². The molecule has 114 valence electrons. The van der Waals surface area contributed by atoms with Crippen LogP contribution in [0.25, 0.3) is 16.9 Å². The lowest BCUT2D eigenvalue weighted by Gasteiger charge is -2.13. The molecule has 0 radical (unpaired) electrons. The molecule has 0 aliphatic heterocycles. The van der Waals surface area contributed by atoms with Gasteiger partial charge in [0.15, 0.2) is 15.5 Å². The largest absolute Gasteiger partial charge is 0.324 e. The molecule has 2 N–H and O–H groups in total. The highest BCUT2D eigenvalue weighted by molar-refractivity contribution is 7.90. The van der Waals surface area contributed by atoms with Gasteiger partial charge in [-0.2, -0.15) is 5.10 Å². The van der Waals surface area contributed by atoms with Crippen molar-refractivity contribution >= 4 is 15.5 Å². The van der Waals surface area contributed by atoms with E-state index in [1.165, 1.54) is 6.26 Å². The van der Waals surface area contributed by atoms with E-state index in [1.54, 1.807) is 35.1 Å². The topological polar surface area (TPSA) is 90.3 Å². The van der Waals surface area contributed by atoms with Crippen molar-refractivity contribution in [2.45, 2.75) is 17.9 Å². The highest BCUT2D eigenvalue weighted by atomic mass is 32.2. The van der Waals surface area contributed by atoms with Gasteiger partial charge in [-0.15, -0.1) is 0 Å². The van der Waals surface area contributed by atoms with Gasteiger partial charge in [0.25, 0.3) is 0 Å². The first-order valence-electron chi connectivity index (χ1n) is 6.76. The zero-order valence-electron chi connectivity index (χ0n) is 12.3. The third-order valence-electron chi connectivity index (χ3n) is 3.44. The van der Waals surface area contributed by atoms with Crippen molar-refractivity contribution in [2.24, 2.45) is 5.73 Å². The van der Waals surface area contributed by atoms with Crippen molar-refractivity contribution in [1.29, 1.82) is 0 Å². The summed E-state index contributed by atoms with van der Waals surface area (Å²) in [6.07, 6.45) is 4.58. The van der Waals surface area contributed by atoms with Crippen molar-refractivity contribution in [2.75, 3.05) is 6.26 Å². The molecule has 1 aromatic carbocycles. The fourth-order valence-electron chi connectivity index (χ4n) is 2.31. The number of nitrogens with two attached hydrogens (primary N) is 1. The van der Waals surface area contributed by atoms with E-state index in [-0.39, 0.29) is 10.9 Å². The Labute approximate surface area is 128 Å². The van der Waals surface area contributed by atoms with Crippen LogP contribution in [0.4, 0.5) is 0 Å². The highest BCUT2D eigenvalue weighted by Crippen LogP contribution is 2.27. The molecule has 0 bridgehead atoms. The molecule has 0 spiro atoms. The Morgan fingerprint density at radius 2 is 2.05 bits per heavy atom. The number of aromatic nitrogens is 3. The Bertz CT molecular complexity index is 945. The van der Waals surface area contributed by atoms with Gasteiger partial charge in [-0.3, -0.25) is 0 Å². The summed E-state index contributed by atoms with van der Waals surface area (Å²) in [7, 11) is -3.28. The van der Waals surface area contributed by atoms with Crippen LogP contribution < -0.4 is 5.73 Å². The Hall–Kier alpha value is -2.25. The van der Waals surface area contributed by atoms with Gasteiger partial charge in [0.1, 0.15) is 0 Å². The summed E-state index contributed by atoms with van der Waals surface area (Å²) in [5.74, 6) is 0. The number of nitrogens with zero attached hydrogens (tertiary/aromatic N) is 3. The van der Waals surface area contributed by atoms with Gasteiger partial charge < -0.3 is 5.73 Å². The first-order valence-corrected chi connectivity index (χ1v) is 8.66. The van der Waals surface area contributed by atoms with Gasteiger partial charge in [-0.25, -0.2) is 17.9 Å². The summed E-state index contributed by atoms with van der Waals surface area (Å²) >= 11 is 0. The Kier molecular flexibility index (Phi) is 3.46. The van der Waals surface area contributed by atoms with Crippen LogP contribution in [0.3, 0.4) is 0 Å². The average Bonchev–Trinajstić information content (AvgIpc) is 2.92. The first kappa shape index (κ1) is 14.7. The lowest BCUT2D eigenvalue weighted by atomic mass is 10.0. The predicted octanol–water partition coefficient (Wildman–Crippen LogP) is 1.82. The minimum Gasteiger partial charge on any atom is -0.324 e. The molecule has 6 nitrogen and oxygen atoms in total. The molecular formula is C15H16N4O2S. The SMILES string of the molecule is C[C@H](N)c1cc2nccn2nc1-c1cccc(S(C)(=O)=O)c1. The van der Waals surface area contributed by atoms with Gasteiger partial charge >= 0.3 is 0 Å². The molecule has 3 aromatic rings. The van der Waals surface area contributed by atoms with E-state index in [0.29, 0.717) is 16.9 Å². The Morgan fingerprint density at radius 3 is 2.73 bits per heavy atom. The van der Waals surface area contributed by atoms with E-state index < -0.39 is 9.84 Å². The average molecular weight is 316 g/mol. The second-order valence-electron chi connectivity index (χ2n) is 5.27. The van der Waals surface area contributed by atoms with E-state index in [2.05, 4.69) is 10.1 Å². The van der Waals surface area contributed by atoms with Crippen LogP contribution in [0.15, 0.2) is 47.6 Å². The van der Waals surface area contributed by atoms with Crippen molar-refractivity contribution in [3.63, 3.8) is 0 Å². The maximum atomic E-state index is 11.7. The number of sulfone groups is 1. The summed E-state index contributed by atoms with van der Waals surface area (Å²) in [6, 6.07) is 8.35. The summed E-state index contributed by atoms with van der Waals surface area (Å²) in [4.78, 5) is 4.46. The molecule has 0 fully saturated rings. The van der Waals surface area contributed by atoms with E-state index in [1.807, 2.05) is 19.1 Å². The minimum absolute atomic E-state index is 0.244. The third kappa shape index (κ3) is 2.60. The maximum absolute atomic E-state index is 11.7. The molecule has 2 heterocycles. The molecule has 0 aliphatic carbocycles. The summed E-state index contributed by atoms with van der Waals surface area (Å²) < 4.78 is 25.1. The van der Waals surface area contributed by atoms with Crippen LogP contribution in [0.5, 0.6) is 0 Å². The molecule has 7 heteroatoms. The zero-order valence-corrected chi connectivity index (χ0v) is 13.1. The zero-order chi connectivity index (χ0) is 15.9. The maximum Gasteiger partial charge on any atom is 0.175 e. The number of imidazole rings is 1. The fraction of sp³-hybridized carbons (Fsp3) is 0.200. The number of rotatable bonds is 3. The van der Waals surface area contributed by atoms with E-state index in [4.69, 9.17) is 5.73 Å². The van der Waals surface area contributed by atoms with Crippen molar-refractivity contribution in [1.82, 2.24) is 14.6 Å². The summed E-state index contributed by atoms with van der Waals surface area (Å²) in [5.41, 5.74) is 8.94. The van der Waals surface area contributed by atoms with Crippen LogP contribution in [-0.4, -0.2) is 29.3 Å². The number of hydrogen-bond acceptors (Lipinski definition) is 5.